The number of rotatable bonds is 4. The predicted molar refractivity (Wildman–Crippen MR) is 101 cm³/mol. The lowest BCUT2D eigenvalue weighted by Gasteiger charge is -2.37. The van der Waals surface area contributed by atoms with Gasteiger partial charge >= 0.3 is 0 Å². The van der Waals surface area contributed by atoms with Crippen molar-refractivity contribution in [1.29, 1.82) is 0 Å². The molecular formula is C17H14F2N4O3S2. The molecule has 1 aliphatic heterocycles. The number of anilines is 1. The van der Waals surface area contributed by atoms with E-state index in [0.717, 1.165) is 15.2 Å². The third kappa shape index (κ3) is 3.48. The van der Waals surface area contributed by atoms with Gasteiger partial charge in [-0.25, -0.2) is 22.2 Å². The van der Waals surface area contributed by atoms with Gasteiger partial charge in [0.05, 0.1) is 23.3 Å². The van der Waals surface area contributed by atoms with Gasteiger partial charge in [0.25, 0.3) is 5.92 Å². The molecule has 0 radical (unpaired) electrons. The maximum Gasteiger partial charge on any atom is 0.275 e. The zero-order valence-electron chi connectivity index (χ0n) is 14.5. The van der Waals surface area contributed by atoms with Crippen molar-refractivity contribution in [3.63, 3.8) is 0 Å². The van der Waals surface area contributed by atoms with Crippen molar-refractivity contribution in [3.8, 4) is 11.1 Å². The van der Waals surface area contributed by atoms with Crippen LogP contribution in [0.3, 0.4) is 0 Å². The smallest absolute Gasteiger partial charge is 0.275 e. The van der Waals surface area contributed by atoms with Crippen LogP contribution in [0.2, 0.25) is 0 Å². The van der Waals surface area contributed by atoms with Gasteiger partial charge in [-0.05, 0) is 23.8 Å². The molecule has 0 bridgehead atoms. The minimum Gasteiger partial charge on any atom is -0.302 e. The number of carbonyl (C=O) groups excluding carboxylic acids is 1. The zero-order chi connectivity index (χ0) is 20.1. The Bertz CT molecular complexity index is 1190. The fraction of sp³-hybridized carbons (Fsp3) is 0.235. The average molecular weight is 424 g/mol. The number of nitrogens with zero attached hydrogens (tertiary/aromatic N) is 3. The molecule has 0 saturated carbocycles. The van der Waals surface area contributed by atoms with Crippen LogP contribution in [0, 0.1) is 0 Å². The Morgan fingerprint density at radius 1 is 1.21 bits per heavy atom. The summed E-state index contributed by atoms with van der Waals surface area (Å²) in [5, 5.41) is 3.09. The molecule has 1 amide bonds. The van der Waals surface area contributed by atoms with E-state index in [9.17, 15) is 22.0 Å². The summed E-state index contributed by atoms with van der Waals surface area (Å²) >= 11 is 1.29. The van der Waals surface area contributed by atoms with E-state index in [4.69, 9.17) is 0 Å². The van der Waals surface area contributed by atoms with E-state index in [0.29, 0.717) is 21.8 Å². The van der Waals surface area contributed by atoms with Crippen molar-refractivity contribution in [1.82, 2.24) is 14.3 Å². The second-order valence-electron chi connectivity index (χ2n) is 6.42. The molecule has 1 N–H and O–H groups in total. The number of thiazole rings is 1. The lowest BCUT2D eigenvalue weighted by molar-refractivity contribution is -0.114. The summed E-state index contributed by atoms with van der Waals surface area (Å²) in [6, 6.07) is 6.73. The molecule has 0 atom stereocenters. The first kappa shape index (κ1) is 18.8. The van der Waals surface area contributed by atoms with E-state index in [-0.39, 0.29) is 10.8 Å². The van der Waals surface area contributed by atoms with Crippen molar-refractivity contribution in [2.75, 3.05) is 18.4 Å². The maximum absolute atomic E-state index is 13.1. The molecule has 4 rings (SSSR count). The second kappa shape index (κ2) is 6.54. The highest BCUT2D eigenvalue weighted by molar-refractivity contribution is 7.89. The van der Waals surface area contributed by atoms with Crippen LogP contribution in [-0.4, -0.2) is 47.6 Å². The number of amides is 1. The Kier molecular flexibility index (Phi) is 4.40. The largest absolute Gasteiger partial charge is 0.302 e. The van der Waals surface area contributed by atoms with Crippen molar-refractivity contribution in [2.45, 2.75) is 17.7 Å². The summed E-state index contributed by atoms with van der Waals surface area (Å²) in [6.07, 6.45) is 2.65. The van der Waals surface area contributed by atoms with Gasteiger partial charge in [0.1, 0.15) is 4.90 Å². The van der Waals surface area contributed by atoms with Crippen molar-refractivity contribution in [3.05, 3.63) is 36.7 Å². The summed E-state index contributed by atoms with van der Waals surface area (Å²) in [7, 11) is -4.02. The third-order valence-electron chi connectivity index (χ3n) is 4.17. The molecule has 0 spiro atoms. The van der Waals surface area contributed by atoms with Crippen LogP contribution < -0.4 is 5.32 Å². The average Bonchev–Trinajstić information content (AvgIpc) is 3.00. The Morgan fingerprint density at radius 3 is 2.64 bits per heavy atom. The third-order valence-corrected chi connectivity index (χ3v) is 6.86. The highest BCUT2D eigenvalue weighted by Gasteiger charge is 2.49. The van der Waals surface area contributed by atoms with Gasteiger partial charge in [0.2, 0.25) is 15.9 Å². The van der Waals surface area contributed by atoms with E-state index in [1.807, 2.05) is 6.07 Å². The molecule has 1 fully saturated rings. The Morgan fingerprint density at radius 2 is 1.96 bits per heavy atom. The van der Waals surface area contributed by atoms with Gasteiger partial charge < -0.3 is 5.32 Å². The number of carbonyl (C=O) groups is 1. The van der Waals surface area contributed by atoms with Gasteiger partial charge in [0.15, 0.2) is 5.13 Å². The molecule has 1 aliphatic rings. The molecule has 3 aromatic rings. The number of hydrogen-bond donors (Lipinski definition) is 1. The minimum absolute atomic E-state index is 0.135. The summed E-state index contributed by atoms with van der Waals surface area (Å²) in [5.41, 5.74) is 1.92. The second-order valence-corrected chi connectivity index (χ2v) is 9.39. The van der Waals surface area contributed by atoms with E-state index in [2.05, 4.69) is 15.3 Å². The van der Waals surface area contributed by atoms with Crippen LogP contribution in [0.1, 0.15) is 6.92 Å². The Balaban J connectivity index is 1.66. The molecule has 11 heteroatoms. The lowest BCUT2D eigenvalue weighted by atomic mass is 10.1. The molecule has 0 unspecified atom stereocenters. The molecule has 2 aromatic heterocycles. The quantitative estimate of drug-likeness (QED) is 0.695. The first-order valence-electron chi connectivity index (χ1n) is 8.16. The van der Waals surface area contributed by atoms with Crippen LogP contribution in [0.4, 0.5) is 13.9 Å². The molecule has 7 nitrogen and oxygen atoms in total. The first-order valence-corrected chi connectivity index (χ1v) is 10.4. The molecule has 1 saturated heterocycles. The van der Waals surface area contributed by atoms with Crippen LogP contribution in [0.25, 0.3) is 21.3 Å². The Hall–Kier alpha value is -2.50. The monoisotopic (exact) mass is 424 g/mol. The van der Waals surface area contributed by atoms with Crippen LogP contribution in [0.5, 0.6) is 0 Å². The normalized spacial score (nSPS) is 16.7. The highest BCUT2D eigenvalue weighted by Crippen LogP contribution is 2.34. The summed E-state index contributed by atoms with van der Waals surface area (Å²) in [4.78, 5) is 19.3. The topological polar surface area (TPSA) is 92.3 Å². The summed E-state index contributed by atoms with van der Waals surface area (Å²) in [6.45, 7) is -0.250. The van der Waals surface area contributed by atoms with Gasteiger partial charge in [-0.15, -0.1) is 0 Å². The maximum atomic E-state index is 13.1. The molecule has 0 aliphatic carbocycles. The van der Waals surface area contributed by atoms with E-state index >= 15 is 0 Å². The predicted octanol–water partition coefficient (Wildman–Crippen LogP) is 2.96. The molecular weight excluding hydrogens is 410 g/mol. The van der Waals surface area contributed by atoms with E-state index in [1.165, 1.54) is 30.5 Å². The lowest BCUT2D eigenvalue weighted by Crippen LogP contribution is -2.58. The van der Waals surface area contributed by atoms with Crippen molar-refractivity contribution >= 4 is 42.6 Å². The number of pyridine rings is 1. The SMILES string of the molecule is CC(=O)Nc1nc2ccc(-c3cncc(S(=O)(=O)N4CC(F)(F)C4)c3)cc2s1. The minimum atomic E-state index is -4.02. The molecule has 1 aromatic carbocycles. The summed E-state index contributed by atoms with van der Waals surface area (Å²) in [5.74, 6) is -3.21. The Labute approximate surface area is 163 Å². The fourth-order valence-corrected chi connectivity index (χ4v) is 5.25. The zero-order valence-corrected chi connectivity index (χ0v) is 16.2. The fourth-order valence-electron chi connectivity index (χ4n) is 2.81. The standard InChI is InChI=1S/C17H14F2N4O3S2/c1-10(24)21-16-22-14-3-2-11(5-15(14)27-16)12-4-13(7-20-6-12)28(25,26)23-8-17(18,19)9-23/h2-7H,8-9H2,1H3,(H,21,22,24). The molecule has 146 valence electrons. The van der Waals surface area contributed by atoms with E-state index in [1.54, 1.807) is 12.1 Å². The van der Waals surface area contributed by atoms with Crippen molar-refractivity contribution < 1.29 is 22.0 Å². The number of hydrogen-bond acceptors (Lipinski definition) is 6. The number of fused-ring (bicyclic) bond motifs is 1. The number of sulfonamides is 1. The molecule has 28 heavy (non-hydrogen) atoms. The van der Waals surface area contributed by atoms with Gasteiger partial charge in [-0.3, -0.25) is 9.78 Å². The van der Waals surface area contributed by atoms with E-state index < -0.39 is 29.0 Å². The highest BCUT2D eigenvalue weighted by atomic mass is 32.2. The van der Waals surface area contributed by atoms with Gasteiger partial charge in [-0.1, -0.05) is 17.4 Å². The van der Waals surface area contributed by atoms with Crippen molar-refractivity contribution in [2.24, 2.45) is 0 Å². The summed E-state index contributed by atoms with van der Waals surface area (Å²) < 4.78 is 52.7. The number of alkyl halides is 2. The first-order chi connectivity index (χ1) is 13.1. The number of nitrogens with one attached hydrogen (secondary N) is 1. The number of aromatic nitrogens is 2. The number of halogens is 2. The van der Waals surface area contributed by atoms with Gasteiger partial charge in [0, 0.05) is 24.9 Å². The van der Waals surface area contributed by atoms with Crippen LogP contribution >= 0.6 is 11.3 Å². The van der Waals surface area contributed by atoms with Crippen LogP contribution in [0.15, 0.2) is 41.6 Å². The molecule has 3 heterocycles. The van der Waals surface area contributed by atoms with Crippen LogP contribution in [-0.2, 0) is 14.8 Å². The van der Waals surface area contributed by atoms with Gasteiger partial charge in [-0.2, -0.15) is 4.31 Å². The number of benzene rings is 1.